The molecule has 3 heteroatoms. The monoisotopic (exact) mass is 303 g/mol. The standard InChI is InChI=1S/C20H14FNO/c1-22-17-8-3-15(4-9-17)19-12-7-16(13-20(19)21)14-5-10-18(23-2)11-6-14/h3-13H,2H3. The molecule has 0 aliphatic heterocycles. The Hall–Kier alpha value is -3.12. The molecule has 0 aromatic heterocycles. The van der Waals surface area contributed by atoms with Crippen molar-refractivity contribution in [2.45, 2.75) is 0 Å². The predicted molar refractivity (Wildman–Crippen MR) is 90.1 cm³/mol. The average molecular weight is 303 g/mol. The lowest BCUT2D eigenvalue weighted by Gasteiger charge is -2.08. The lowest BCUT2D eigenvalue weighted by atomic mass is 9.99. The molecule has 0 atom stereocenters. The number of nitrogens with zero attached hydrogens (tertiary/aromatic N) is 1. The molecule has 0 saturated heterocycles. The SMILES string of the molecule is [C-]#[N+]c1ccc(-c2ccc(-c3ccc(OC)cc3)cc2F)cc1. The minimum Gasteiger partial charge on any atom is -0.497 e. The first kappa shape index (κ1) is 14.8. The van der Waals surface area contributed by atoms with E-state index < -0.39 is 0 Å². The first-order valence-corrected chi connectivity index (χ1v) is 7.13. The van der Waals surface area contributed by atoms with Gasteiger partial charge in [0.25, 0.3) is 0 Å². The molecule has 0 aliphatic carbocycles. The first-order chi connectivity index (χ1) is 11.2. The van der Waals surface area contributed by atoms with Crippen molar-refractivity contribution in [3.8, 4) is 28.0 Å². The van der Waals surface area contributed by atoms with E-state index in [1.165, 1.54) is 6.07 Å². The molecule has 0 saturated carbocycles. The highest BCUT2D eigenvalue weighted by Crippen LogP contribution is 2.29. The molecule has 0 aliphatic rings. The van der Waals surface area contributed by atoms with Crippen LogP contribution in [-0.2, 0) is 0 Å². The molecule has 0 N–H and O–H groups in total. The van der Waals surface area contributed by atoms with Crippen molar-refractivity contribution in [1.82, 2.24) is 0 Å². The van der Waals surface area contributed by atoms with Gasteiger partial charge >= 0.3 is 0 Å². The zero-order chi connectivity index (χ0) is 16.2. The third-order valence-corrected chi connectivity index (χ3v) is 3.70. The third-order valence-electron chi connectivity index (χ3n) is 3.70. The average Bonchev–Trinajstić information content (AvgIpc) is 2.62. The van der Waals surface area contributed by atoms with Crippen molar-refractivity contribution in [2.24, 2.45) is 0 Å². The van der Waals surface area contributed by atoms with Crippen LogP contribution in [0.2, 0.25) is 0 Å². The highest BCUT2D eigenvalue weighted by Gasteiger charge is 2.08. The van der Waals surface area contributed by atoms with E-state index in [0.29, 0.717) is 11.3 Å². The fourth-order valence-corrected chi connectivity index (χ4v) is 2.43. The number of hydrogen-bond donors (Lipinski definition) is 0. The Bertz CT molecular complexity index is 862. The van der Waals surface area contributed by atoms with E-state index in [-0.39, 0.29) is 5.82 Å². The van der Waals surface area contributed by atoms with Crippen LogP contribution in [0.1, 0.15) is 0 Å². The molecule has 3 rings (SSSR count). The second kappa shape index (κ2) is 6.33. The summed E-state index contributed by atoms with van der Waals surface area (Å²) >= 11 is 0. The van der Waals surface area contributed by atoms with Gasteiger partial charge in [-0.2, -0.15) is 0 Å². The molecule has 3 aromatic rings. The molecular weight excluding hydrogens is 289 g/mol. The van der Waals surface area contributed by atoms with E-state index in [4.69, 9.17) is 11.3 Å². The normalized spacial score (nSPS) is 10.1. The van der Waals surface area contributed by atoms with Crippen LogP contribution < -0.4 is 4.74 Å². The first-order valence-electron chi connectivity index (χ1n) is 7.13. The van der Waals surface area contributed by atoms with Crippen LogP contribution in [0.15, 0.2) is 66.7 Å². The molecule has 0 spiro atoms. The van der Waals surface area contributed by atoms with Crippen molar-refractivity contribution >= 4 is 5.69 Å². The Balaban J connectivity index is 1.94. The van der Waals surface area contributed by atoms with Crippen LogP contribution in [0.3, 0.4) is 0 Å². The number of halogens is 1. The predicted octanol–water partition coefficient (Wildman–Crippen LogP) is 5.72. The van der Waals surface area contributed by atoms with Crippen LogP contribution in [0, 0.1) is 12.4 Å². The summed E-state index contributed by atoms with van der Waals surface area (Å²) in [5.74, 6) is 0.486. The van der Waals surface area contributed by atoms with E-state index >= 15 is 0 Å². The third kappa shape index (κ3) is 3.07. The van der Waals surface area contributed by atoms with Crippen LogP contribution in [-0.4, -0.2) is 7.11 Å². The van der Waals surface area contributed by atoms with E-state index in [9.17, 15) is 4.39 Å². The molecule has 0 fully saturated rings. The largest absolute Gasteiger partial charge is 0.497 e. The summed E-state index contributed by atoms with van der Waals surface area (Å²) in [5.41, 5.74) is 3.57. The molecule has 3 aromatic carbocycles. The second-order valence-corrected chi connectivity index (χ2v) is 5.08. The lowest BCUT2D eigenvalue weighted by molar-refractivity contribution is 0.415. The summed E-state index contributed by atoms with van der Waals surface area (Å²) in [6.07, 6.45) is 0. The topological polar surface area (TPSA) is 13.6 Å². The number of benzene rings is 3. The number of hydrogen-bond acceptors (Lipinski definition) is 1. The van der Waals surface area contributed by atoms with Crippen molar-refractivity contribution < 1.29 is 9.13 Å². The Morgan fingerprint density at radius 2 is 1.43 bits per heavy atom. The summed E-state index contributed by atoms with van der Waals surface area (Å²) in [6, 6.07) is 19.6. The van der Waals surface area contributed by atoms with E-state index in [1.807, 2.05) is 30.3 Å². The van der Waals surface area contributed by atoms with Crippen molar-refractivity contribution in [2.75, 3.05) is 7.11 Å². The molecule has 0 bridgehead atoms. The van der Waals surface area contributed by atoms with Gasteiger partial charge in [0.1, 0.15) is 11.6 Å². The highest BCUT2D eigenvalue weighted by atomic mass is 19.1. The van der Waals surface area contributed by atoms with Crippen molar-refractivity contribution in [3.05, 3.63) is 84.0 Å². The minimum absolute atomic E-state index is 0.283. The Morgan fingerprint density at radius 1 is 0.826 bits per heavy atom. The minimum atomic E-state index is -0.283. The summed E-state index contributed by atoms with van der Waals surface area (Å²) in [6.45, 7) is 6.96. The smallest absolute Gasteiger partial charge is 0.187 e. The molecule has 0 heterocycles. The fraction of sp³-hybridized carbons (Fsp3) is 0.0500. The van der Waals surface area contributed by atoms with Gasteiger partial charge in [0.15, 0.2) is 5.69 Å². The van der Waals surface area contributed by atoms with Gasteiger partial charge in [-0.3, -0.25) is 0 Å². The maximum atomic E-state index is 14.5. The molecule has 112 valence electrons. The zero-order valence-corrected chi connectivity index (χ0v) is 12.6. The van der Waals surface area contributed by atoms with E-state index in [0.717, 1.165) is 22.4 Å². The zero-order valence-electron chi connectivity index (χ0n) is 12.6. The van der Waals surface area contributed by atoms with Gasteiger partial charge in [-0.1, -0.05) is 48.5 Å². The molecular formula is C20H14FNO. The maximum Gasteiger partial charge on any atom is 0.187 e. The molecule has 23 heavy (non-hydrogen) atoms. The Labute approximate surface area is 134 Å². The van der Waals surface area contributed by atoms with Gasteiger partial charge in [-0.05, 0) is 34.9 Å². The summed E-state index contributed by atoms with van der Waals surface area (Å²) in [4.78, 5) is 3.34. The summed E-state index contributed by atoms with van der Waals surface area (Å²) < 4.78 is 19.6. The molecule has 2 nitrogen and oxygen atoms in total. The number of ether oxygens (including phenoxy) is 1. The van der Waals surface area contributed by atoms with E-state index in [1.54, 1.807) is 37.4 Å². The van der Waals surface area contributed by atoms with Gasteiger partial charge in [0.2, 0.25) is 0 Å². The van der Waals surface area contributed by atoms with Gasteiger partial charge < -0.3 is 4.74 Å². The van der Waals surface area contributed by atoms with E-state index in [2.05, 4.69) is 4.85 Å². The molecule has 0 radical (unpaired) electrons. The number of methoxy groups -OCH3 is 1. The van der Waals surface area contributed by atoms with Gasteiger partial charge in [0.05, 0.1) is 13.7 Å². The van der Waals surface area contributed by atoms with Crippen LogP contribution in [0.5, 0.6) is 5.75 Å². The van der Waals surface area contributed by atoms with Gasteiger partial charge in [0, 0.05) is 5.56 Å². The summed E-state index contributed by atoms with van der Waals surface area (Å²) in [7, 11) is 1.61. The van der Waals surface area contributed by atoms with Crippen molar-refractivity contribution in [3.63, 3.8) is 0 Å². The fourth-order valence-electron chi connectivity index (χ4n) is 2.43. The Morgan fingerprint density at radius 3 is 2.00 bits per heavy atom. The molecule has 0 amide bonds. The van der Waals surface area contributed by atoms with Crippen LogP contribution >= 0.6 is 0 Å². The number of rotatable bonds is 3. The maximum absolute atomic E-state index is 14.5. The highest BCUT2D eigenvalue weighted by molar-refractivity contribution is 5.72. The van der Waals surface area contributed by atoms with Gasteiger partial charge in [-0.25, -0.2) is 9.24 Å². The summed E-state index contributed by atoms with van der Waals surface area (Å²) in [5, 5.41) is 0. The lowest BCUT2D eigenvalue weighted by Crippen LogP contribution is -1.87. The van der Waals surface area contributed by atoms with Crippen molar-refractivity contribution in [1.29, 1.82) is 0 Å². The van der Waals surface area contributed by atoms with Gasteiger partial charge in [-0.15, -0.1) is 0 Å². The van der Waals surface area contributed by atoms with Crippen LogP contribution in [0.4, 0.5) is 10.1 Å². The van der Waals surface area contributed by atoms with Crippen LogP contribution in [0.25, 0.3) is 27.1 Å². The quantitative estimate of drug-likeness (QED) is 0.564. The second-order valence-electron chi connectivity index (χ2n) is 5.08. The molecule has 0 unspecified atom stereocenters. The Kier molecular flexibility index (Phi) is 4.07.